The monoisotopic (exact) mass is 290 g/mol. The molecule has 2 N–H and O–H groups in total. The summed E-state index contributed by atoms with van der Waals surface area (Å²) in [5.41, 5.74) is 7.52. The van der Waals surface area contributed by atoms with Gasteiger partial charge in [-0.25, -0.2) is 0 Å². The van der Waals surface area contributed by atoms with Crippen molar-refractivity contribution < 1.29 is 0 Å². The first kappa shape index (κ1) is 15.1. The van der Waals surface area contributed by atoms with E-state index in [-0.39, 0.29) is 6.04 Å². The van der Waals surface area contributed by atoms with Crippen molar-refractivity contribution in [3.63, 3.8) is 0 Å². The summed E-state index contributed by atoms with van der Waals surface area (Å²) in [6.07, 6.45) is 2.94. The highest BCUT2D eigenvalue weighted by Crippen LogP contribution is 2.22. The van der Waals surface area contributed by atoms with Gasteiger partial charge in [-0.05, 0) is 24.2 Å². The van der Waals surface area contributed by atoms with Crippen LogP contribution in [0.1, 0.15) is 37.7 Å². The minimum atomic E-state index is -0.0629. The van der Waals surface area contributed by atoms with E-state index < -0.39 is 0 Å². The van der Waals surface area contributed by atoms with Gasteiger partial charge in [0.15, 0.2) is 11.0 Å². The third-order valence-electron chi connectivity index (χ3n) is 3.17. The molecule has 0 aliphatic rings. The lowest BCUT2D eigenvalue weighted by molar-refractivity contribution is 0.474. The summed E-state index contributed by atoms with van der Waals surface area (Å²) in [5, 5.41) is 9.48. The largest absolute Gasteiger partial charge is 0.321 e. The summed E-state index contributed by atoms with van der Waals surface area (Å²) in [4.78, 5) is 0. The van der Waals surface area contributed by atoms with Crippen LogP contribution in [0.5, 0.6) is 0 Å². The molecule has 1 aromatic heterocycles. The molecule has 1 atom stereocenters. The molecule has 0 saturated carbocycles. The summed E-state index contributed by atoms with van der Waals surface area (Å²) in [6, 6.07) is 10.3. The van der Waals surface area contributed by atoms with Crippen molar-refractivity contribution in [1.29, 1.82) is 0 Å². The van der Waals surface area contributed by atoms with Crippen LogP contribution in [0.15, 0.2) is 35.5 Å². The summed E-state index contributed by atoms with van der Waals surface area (Å²) >= 11 is 1.61. The first-order valence-corrected chi connectivity index (χ1v) is 8.11. The van der Waals surface area contributed by atoms with Crippen LogP contribution in [0.25, 0.3) is 0 Å². The normalized spacial score (nSPS) is 12.8. The van der Waals surface area contributed by atoms with Gasteiger partial charge in [0.25, 0.3) is 0 Å². The number of rotatable bonds is 6. The third-order valence-corrected chi connectivity index (χ3v) is 3.84. The van der Waals surface area contributed by atoms with Crippen LogP contribution >= 0.6 is 11.8 Å². The number of nitrogens with zero attached hydrogens (tertiary/aromatic N) is 3. The molecule has 0 aliphatic heterocycles. The molecule has 2 rings (SSSR count). The Bertz CT molecular complexity index is 536. The van der Waals surface area contributed by atoms with Crippen LogP contribution in [0.2, 0.25) is 0 Å². The van der Waals surface area contributed by atoms with E-state index in [9.17, 15) is 0 Å². The zero-order valence-corrected chi connectivity index (χ0v) is 13.1. The molecule has 1 unspecified atom stereocenters. The Labute approximate surface area is 124 Å². The fourth-order valence-corrected chi connectivity index (χ4v) is 2.75. The molecular formula is C15H22N4S. The minimum absolute atomic E-state index is 0.0629. The van der Waals surface area contributed by atoms with Gasteiger partial charge in [0, 0.05) is 0 Å². The number of hydrogen-bond donors (Lipinski definition) is 1. The average molecular weight is 290 g/mol. The van der Waals surface area contributed by atoms with E-state index in [0.29, 0.717) is 5.92 Å². The third kappa shape index (κ3) is 3.61. The first-order valence-electron chi connectivity index (χ1n) is 6.88. The molecule has 0 fully saturated rings. The maximum absolute atomic E-state index is 6.29. The molecular weight excluding hydrogens is 268 g/mol. The van der Waals surface area contributed by atoms with E-state index in [1.54, 1.807) is 11.8 Å². The van der Waals surface area contributed by atoms with Crippen molar-refractivity contribution in [1.82, 2.24) is 14.8 Å². The SMILES string of the molecule is CSc1nnc(C(N)CC(C)C)n1Cc1ccccc1. The second-order valence-corrected chi connectivity index (χ2v) is 6.13. The Kier molecular flexibility index (Phi) is 5.20. The maximum Gasteiger partial charge on any atom is 0.191 e. The highest BCUT2D eigenvalue weighted by molar-refractivity contribution is 7.98. The highest BCUT2D eigenvalue weighted by Gasteiger charge is 2.18. The summed E-state index contributed by atoms with van der Waals surface area (Å²) in [6.45, 7) is 5.12. The van der Waals surface area contributed by atoms with Gasteiger partial charge in [-0.1, -0.05) is 55.9 Å². The van der Waals surface area contributed by atoms with E-state index in [1.807, 2.05) is 24.5 Å². The topological polar surface area (TPSA) is 56.7 Å². The van der Waals surface area contributed by atoms with Crippen molar-refractivity contribution >= 4 is 11.8 Å². The van der Waals surface area contributed by atoms with Crippen LogP contribution in [-0.2, 0) is 6.54 Å². The summed E-state index contributed by atoms with van der Waals surface area (Å²) < 4.78 is 2.13. The fourth-order valence-electron chi connectivity index (χ4n) is 2.25. The summed E-state index contributed by atoms with van der Waals surface area (Å²) in [7, 11) is 0. The number of nitrogens with two attached hydrogens (primary N) is 1. The van der Waals surface area contributed by atoms with Gasteiger partial charge in [-0.2, -0.15) is 0 Å². The zero-order chi connectivity index (χ0) is 14.5. The average Bonchev–Trinajstić information content (AvgIpc) is 2.82. The number of hydrogen-bond acceptors (Lipinski definition) is 4. The van der Waals surface area contributed by atoms with Crippen LogP contribution < -0.4 is 5.73 Å². The molecule has 0 saturated heterocycles. The van der Waals surface area contributed by atoms with Gasteiger partial charge in [-0.15, -0.1) is 10.2 Å². The predicted octanol–water partition coefficient (Wildman–Crippen LogP) is 3.09. The Morgan fingerprint density at radius 2 is 1.90 bits per heavy atom. The molecule has 5 heteroatoms. The first-order chi connectivity index (χ1) is 9.61. The molecule has 0 radical (unpaired) electrons. The maximum atomic E-state index is 6.29. The quantitative estimate of drug-likeness (QED) is 0.831. The van der Waals surface area contributed by atoms with Crippen LogP contribution in [-0.4, -0.2) is 21.0 Å². The number of aromatic nitrogens is 3. The van der Waals surface area contributed by atoms with E-state index in [4.69, 9.17) is 5.73 Å². The molecule has 20 heavy (non-hydrogen) atoms. The molecule has 4 nitrogen and oxygen atoms in total. The lowest BCUT2D eigenvalue weighted by Gasteiger charge is -2.16. The smallest absolute Gasteiger partial charge is 0.191 e. The minimum Gasteiger partial charge on any atom is -0.321 e. The van der Waals surface area contributed by atoms with E-state index >= 15 is 0 Å². The lowest BCUT2D eigenvalue weighted by Crippen LogP contribution is -2.19. The zero-order valence-electron chi connectivity index (χ0n) is 12.3. The molecule has 2 aromatic rings. The predicted molar refractivity (Wildman–Crippen MR) is 83.7 cm³/mol. The molecule has 1 heterocycles. The van der Waals surface area contributed by atoms with Gasteiger partial charge in [0.05, 0.1) is 12.6 Å². The highest BCUT2D eigenvalue weighted by atomic mass is 32.2. The molecule has 1 aromatic carbocycles. The van der Waals surface area contributed by atoms with Crippen LogP contribution in [0, 0.1) is 5.92 Å². The van der Waals surface area contributed by atoms with Crippen molar-refractivity contribution in [3.05, 3.63) is 41.7 Å². The van der Waals surface area contributed by atoms with Crippen LogP contribution in [0.4, 0.5) is 0 Å². The van der Waals surface area contributed by atoms with Gasteiger partial charge in [0.1, 0.15) is 0 Å². The summed E-state index contributed by atoms with van der Waals surface area (Å²) in [5.74, 6) is 1.43. The molecule has 0 spiro atoms. The van der Waals surface area contributed by atoms with Crippen molar-refractivity contribution in [2.45, 2.75) is 38.0 Å². The molecule has 108 valence electrons. The molecule has 0 bridgehead atoms. The van der Waals surface area contributed by atoms with Crippen molar-refractivity contribution in [2.24, 2.45) is 11.7 Å². The van der Waals surface area contributed by atoms with Crippen molar-refractivity contribution in [3.8, 4) is 0 Å². The van der Waals surface area contributed by atoms with E-state index in [0.717, 1.165) is 23.9 Å². The Morgan fingerprint density at radius 3 is 2.50 bits per heavy atom. The Hall–Kier alpha value is -1.33. The van der Waals surface area contributed by atoms with Gasteiger partial charge in [0.2, 0.25) is 0 Å². The Morgan fingerprint density at radius 1 is 1.20 bits per heavy atom. The fraction of sp³-hybridized carbons (Fsp3) is 0.467. The molecule has 0 aliphatic carbocycles. The molecule has 0 amide bonds. The van der Waals surface area contributed by atoms with Crippen molar-refractivity contribution in [2.75, 3.05) is 6.26 Å². The lowest BCUT2D eigenvalue weighted by atomic mass is 10.0. The Balaban J connectivity index is 2.27. The van der Waals surface area contributed by atoms with Gasteiger partial charge >= 0.3 is 0 Å². The second kappa shape index (κ2) is 6.90. The number of benzene rings is 1. The number of thioether (sulfide) groups is 1. The van der Waals surface area contributed by atoms with Gasteiger partial charge < -0.3 is 10.3 Å². The van der Waals surface area contributed by atoms with E-state index in [2.05, 4.69) is 40.7 Å². The second-order valence-electron chi connectivity index (χ2n) is 5.35. The standard InChI is InChI=1S/C15H22N4S/c1-11(2)9-13(16)14-17-18-15(20-3)19(14)10-12-7-5-4-6-8-12/h4-8,11,13H,9-10,16H2,1-3H3. The van der Waals surface area contributed by atoms with Crippen LogP contribution in [0.3, 0.4) is 0 Å². The van der Waals surface area contributed by atoms with E-state index in [1.165, 1.54) is 5.56 Å². The van der Waals surface area contributed by atoms with Gasteiger partial charge in [-0.3, -0.25) is 0 Å².